The molecule has 4 nitrogen and oxygen atoms in total. The maximum Gasteiger partial charge on any atom is 0.203 e. The fraction of sp³-hybridized carbons (Fsp3) is 0.600. The first-order chi connectivity index (χ1) is 9.47. The molecule has 5 heteroatoms. The number of hydrogen-bond acceptors (Lipinski definition) is 4. The van der Waals surface area contributed by atoms with Crippen molar-refractivity contribution in [1.82, 2.24) is 0 Å². The summed E-state index contributed by atoms with van der Waals surface area (Å²) in [5.74, 6) is 2.23. The molecule has 0 aliphatic heterocycles. The number of hydrogen-bond donors (Lipinski definition) is 0. The highest BCUT2D eigenvalue weighted by Crippen LogP contribution is 2.39. The number of halogens is 1. The average Bonchev–Trinajstić information content (AvgIpc) is 2.46. The zero-order chi connectivity index (χ0) is 15.2. The monoisotopic (exact) mass is 302 g/mol. The smallest absolute Gasteiger partial charge is 0.203 e. The molecule has 0 aliphatic carbocycles. The van der Waals surface area contributed by atoms with Crippen LogP contribution in [0, 0.1) is 0 Å². The molecule has 0 unspecified atom stereocenters. The fourth-order valence-electron chi connectivity index (χ4n) is 1.65. The predicted octanol–water partition coefficient (Wildman–Crippen LogP) is 3.64. The molecule has 0 N–H and O–H groups in total. The minimum absolute atomic E-state index is 0.226. The van der Waals surface area contributed by atoms with E-state index < -0.39 is 0 Å². The summed E-state index contributed by atoms with van der Waals surface area (Å²) in [6.07, 6.45) is 0.757. The summed E-state index contributed by atoms with van der Waals surface area (Å²) in [7, 11) is 4.88. The Balaban J connectivity index is 2.87. The average molecular weight is 303 g/mol. The molecule has 0 saturated heterocycles. The van der Waals surface area contributed by atoms with Crippen LogP contribution in [0.4, 0.5) is 0 Å². The fourth-order valence-corrected chi connectivity index (χ4v) is 1.81. The Hall–Kier alpha value is -1.13. The quantitative estimate of drug-likeness (QED) is 0.687. The maximum absolute atomic E-state index is 5.85. The molecule has 0 saturated carbocycles. The Kier molecular flexibility index (Phi) is 6.43. The second-order valence-corrected chi connectivity index (χ2v) is 5.29. The van der Waals surface area contributed by atoms with E-state index in [0.717, 1.165) is 12.0 Å². The molecule has 0 heterocycles. The van der Waals surface area contributed by atoms with Crippen LogP contribution in [0.3, 0.4) is 0 Å². The van der Waals surface area contributed by atoms with Gasteiger partial charge in [-0.25, -0.2) is 0 Å². The predicted molar refractivity (Wildman–Crippen MR) is 80.3 cm³/mol. The van der Waals surface area contributed by atoms with Crippen LogP contribution in [0.15, 0.2) is 12.1 Å². The zero-order valence-electron chi connectivity index (χ0n) is 12.8. The van der Waals surface area contributed by atoms with Crippen molar-refractivity contribution in [2.24, 2.45) is 0 Å². The number of ether oxygens (including phenoxy) is 4. The van der Waals surface area contributed by atoms with E-state index in [2.05, 4.69) is 0 Å². The third-order valence-electron chi connectivity index (χ3n) is 3.18. The Morgan fingerprint density at radius 2 is 1.60 bits per heavy atom. The highest BCUT2D eigenvalue weighted by molar-refractivity contribution is 6.17. The third kappa shape index (κ3) is 4.46. The molecule has 1 aromatic carbocycles. The van der Waals surface area contributed by atoms with E-state index in [0.29, 0.717) is 29.7 Å². The number of methoxy groups -OCH3 is 3. The van der Waals surface area contributed by atoms with E-state index in [-0.39, 0.29) is 5.60 Å². The minimum Gasteiger partial charge on any atom is -0.493 e. The Bertz CT molecular complexity index is 407. The van der Waals surface area contributed by atoms with Crippen LogP contribution in [0.2, 0.25) is 0 Å². The lowest BCUT2D eigenvalue weighted by Crippen LogP contribution is -2.25. The van der Waals surface area contributed by atoms with Crippen molar-refractivity contribution < 1.29 is 18.9 Å². The summed E-state index contributed by atoms with van der Waals surface area (Å²) in [4.78, 5) is 0. The van der Waals surface area contributed by atoms with Crippen molar-refractivity contribution in [1.29, 1.82) is 0 Å². The van der Waals surface area contributed by atoms with Gasteiger partial charge in [-0.15, -0.1) is 11.6 Å². The van der Waals surface area contributed by atoms with Gasteiger partial charge in [-0.1, -0.05) is 0 Å². The van der Waals surface area contributed by atoms with Crippen LogP contribution >= 0.6 is 11.6 Å². The van der Waals surface area contributed by atoms with Gasteiger partial charge < -0.3 is 18.9 Å². The molecule has 1 aromatic rings. The van der Waals surface area contributed by atoms with Gasteiger partial charge in [-0.2, -0.15) is 0 Å². The van der Waals surface area contributed by atoms with Crippen molar-refractivity contribution in [2.45, 2.75) is 31.7 Å². The SMILES string of the molecule is COc1cc(CCl)cc(OC)c1OCCC(C)(C)OC. The van der Waals surface area contributed by atoms with Crippen LogP contribution in [-0.4, -0.2) is 33.5 Å². The Morgan fingerprint density at radius 1 is 1.05 bits per heavy atom. The van der Waals surface area contributed by atoms with Crippen molar-refractivity contribution in [3.63, 3.8) is 0 Å². The summed E-state index contributed by atoms with van der Waals surface area (Å²) in [6.45, 7) is 4.54. The van der Waals surface area contributed by atoms with E-state index in [9.17, 15) is 0 Å². The molecule has 0 fully saturated rings. The van der Waals surface area contributed by atoms with Gasteiger partial charge in [0.1, 0.15) is 0 Å². The van der Waals surface area contributed by atoms with Gasteiger partial charge in [0.15, 0.2) is 11.5 Å². The summed E-state index contributed by atoms with van der Waals surface area (Å²) < 4.78 is 21.9. The molecule has 0 atom stereocenters. The molecular weight excluding hydrogens is 280 g/mol. The summed E-state index contributed by atoms with van der Waals surface area (Å²) >= 11 is 5.85. The van der Waals surface area contributed by atoms with E-state index in [1.165, 1.54) is 0 Å². The molecule has 114 valence electrons. The first-order valence-corrected chi connectivity index (χ1v) is 6.99. The number of alkyl halides is 1. The topological polar surface area (TPSA) is 36.9 Å². The highest BCUT2D eigenvalue weighted by Gasteiger charge is 2.18. The molecule has 0 radical (unpaired) electrons. The molecular formula is C15H23ClO4. The van der Waals surface area contributed by atoms with E-state index in [4.69, 9.17) is 30.5 Å². The molecule has 0 bridgehead atoms. The highest BCUT2D eigenvalue weighted by atomic mass is 35.5. The van der Waals surface area contributed by atoms with Crippen molar-refractivity contribution >= 4 is 11.6 Å². The van der Waals surface area contributed by atoms with Crippen molar-refractivity contribution in [3.8, 4) is 17.2 Å². The number of rotatable bonds is 8. The third-order valence-corrected chi connectivity index (χ3v) is 3.49. The molecule has 0 aliphatic rings. The van der Waals surface area contributed by atoms with E-state index >= 15 is 0 Å². The summed E-state index contributed by atoms with van der Waals surface area (Å²) in [5.41, 5.74) is 0.696. The lowest BCUT2D eigenvalue weighted by atomic mass is 10.1. The van der Waals surface area contributed by atoms with Crippen LogP contribution in [0.25, 0.3) is 0 Å². The standard InChI is InChI=1S/C15H23ClO4/c1-15(2,19-5)6-7-20-14-12(17-3)8-11(10-16)9-13(14)18-4/h8-9H,6-7,10H2,1-5H3. The van der Waals surface area contributed by atoms with Gasteiger partial charge in [-0.3, -0.25) is 0 Å². The minimum atomic E-state index is -0.226. The first-order valence-electron chi connectivity index (χ1n) is 6.46. The largest absolute Gasteiger partial charge is 0.493 e. The maximum atomic E-state index is 5.85. The van der Waals surface area contributed by atoms with Crippen LogP contribution in [0.1, 0.15) is 25.8 Å². The van der Waals surface area contributed by atoms with Crippen LogP contribution in [0.5, 0.6) is 17.2 Å². The molecule has 0 aromatic heterocycles. The normalized spacial score (nSPS) is 11.3. The lowest BCUT2D eigenvalue weighted by molar-refractivity contribution is 0.00503. The Labute approximate surface area is 125 Å². The van der Waals surface area contributed by atoms with Gasteiger partial charge in [0.25, 0.3) is 0 Å². The second kappa shape index (κ2) is 7.60. The molecule has 20 heavy (non-hydrogen) atoms. The number of benzene rings is 1. The lowest BCUT2D eigenvalue weighted by Gasteiger charge is -2.23. The van der Waals surface area contributed by atoms with Crippen LogP contribution in [-0.2, 0) is 10.6 Å². The summed E-state index contributed by atoms with van der Waals surface area (Å²) in [6, 6.07) is 3.71. The van der Waals surface area contributed by atoms with Gasteiger partial charge in [0.2, 0.25) is 5.75 Å². The summed E-state index contributed by atoms with van der Waals surface area (Å²) in [5, 5.41) is 0. The van der Waals surface area contributed by atoms with Gasteiger partial charge in [0, 0.05) is 19.4 Å². The van der Waals surface area contributed by atoms with E-state index in [1.54, 1.807) is 21.3 Å². The van der Waals surface area contributed by atoms with Gasteiger partial charge in [-0.05, 0) is 31.5 Å². The Morgan fingerprint density at radius 3 is 2.00 bits per heavy atom. The second-order valence-electron chi connectivity index (χ2n) is 5.03. The van der Waals surface area contributed by atoms with Crippen molar-refractivity contribution in [2.75, 3.05) is 27.9 Å². The zero-order valence-corrected chi connectivity index (χ0v) is 13.5. The molecule has 0 amide bonds. The van der Waals surface area contributed by atoms with Gasteiger partial charge >= 0.3 is 0 Å². The van der Waals surface area contributed by atoms with Crippen molar-refractivity contribution in [3.05, 3.63) is 17.7 Å². The molecule has 0 spiro atoms. The van der Waals surface area contributed by atoms with Gasteiger partial charge in [0.05, 0.1) is 26.4 Å². The molecule has 1 rings (SSSR count). The first kappa shape index (κ1) is 16.9. The van der Waals surface area contributed by atoms with E-state index in [1.807, 2.05) is 26.0 Å². The van der Waals surface area contributed by atoms with Crippen LogP contribution < -0.4 is 14.2 Å².